The number of anilines is 1. The molecular formula is C10H14N2S2. The summed E-state index contributed by atoms with van der Waals surface area (Å²) in [5, 5.41) is 8.58. The summed E-state index contributed by atoms with van der Waals surface area (Å²) in [6.07, 6.45) is 0. The summed E-state index contributed by atoms with van der Waals surface area (Å²) in [7, 11) is 0. The average Bonchev–Trinajstić information content (AvgIpc) is 2.75. The van der Waals surface area contributed by atoms with E-state index in [-0.39, 0.29) is 0 Å². The third-order valence-electron chi connectivity index (χ3n) is 2.22. The minimum Gasteiger partial charge on any atom is -0.334 e. The van der Waals surface area contributed by atoms with Gasteiger partial charge in [0.15, 0.2) is 5.17 Å². The number of nitrogens with zero attached hydrogens (tertiary/aromatic N) is 1. The molecule has 1 aliphatic heterocycles. The lowest BCUT2D eigenvalue weighted by atomic mass is 10.1. The van der Waals surface area contributed by atoms with E-state index >= 15 is 0 Å². The van der Waals surface area contributed by atoms with E-state index in [0.29, 0.717) is 12.0 Å². The highest BCUT2D eigenvalue weighted by Gasteiger charge is 2.20. The summed E-state index contributed by atoms with van der Waals surface area (Å²) in [6.45, 7) is 4.45. The Morgan fingerprint density at radius 3 is 3.00 bits per heavy atom. The first kappa shape index (κ1) is 10.1. The summed E-state index contributed by atoms with van der Waals surface area (Å²) < 4.78 is 0. The number of thioether (sulfide) groups is 1. The Morgan fingerprint density at radius 1 is 1.57 bits per heavy atom. The number of hydrogen-bond donors (Lipinski definition) is 1. The zero-order chi connectivity index (χ0) is 9.97. The van der Waals surface area contributed by atoms with Crippen molar-refractivity contribution in [3.8, 4) is 0 Å². The Kier molecular flexibility index (Phi) is 3.13. The van der Waals surface area contributed by atoms with Crippen molar-refractivity contribution in [1.82, 2.24) is 0 Å². The second-order valence-electron chi connectivity index (χ2n) is 3.69. The molecule has 1 N–H and O–H groups in total. The zero-order valence-electron chi connectivity index (χ0n) is 8.36. The fraction of sp³-hybridized carbons (Fsp3) is 0.500. The van der Waals surface area contributed by atoms with Gasteiger partial charge in [-0.2, -0.15) is 11.3 Å². The van der Waals surface area contributed by atoms with Crippen LogP contribution in [0.1, 0.15) is 13.8 Å². The third kappa shape index (κ3) is 2.30. The van der Waals surface area contributed by atoms with Gasteiger partial charge in [-0.05, 0) is 17.4 Å². The van der Waals surface area contributed by atoms with Crippen LogP contribution in [0, 0.1) is 5.92 Å². The van der Waals surface area contributed by atoms with E-state index in [1.807, 2.05) is 11.8 Å². The number of thiophene rings is 1. The molecule has 2 nitrogen and oxygen atoms in total. The number of amidine groups is 1. The smallest absolute Gasteiger partial charge is 0.161 e. The van der Waals surface area contributed by atoms with E-state index < -0.39 is 0 Å². The van der Waals surface area contributed by atoms with Crippen LogP contribution in [0.5, 0.6) is 0 Å². The van der Waals surface area contributed by atoms with Crippen molar-refractivity contribution in [1.29, 1.82) is 0 Å². The third-order valence-corrected chi connectivity index (χ3v) is 3.89. The molecule has 0 aromatic carbocycles. The van der Waals surface area contributed by atoms with Crippen LogP contribution < -0.4 is 5.32 Å². The van der Waals surface area contributed by atoms with Crippen LogP contribution in [0.2, 0.25) is 0 Å². The molecule has 0 spiro atoms. The highest BCUT2D eigenvalue weighted by atomic mass is 32.2. The van der Waals surface area contributed by atoms with E-state index in [4.69, 9.17) is 0 Å². The van der Waals surface area contributed by atoms with E-state index in [0.717, 1.165) is 16.6 Å². The van der Waals surface area contributed by atoms with Crippen molar-refractivity contribution in [3.63, 3.8) is 0 Å². The number of nitrogens with one attached hydrogen (secondary N) is 1. The molecule has 0 saturated carbocycles. The van der Waals surface area contributed by atoms with E-state index in [9.17, 15) is 0 Å². The number of rotatable bonds is 2. The van der Waals surface area contributed by atoms with Gasteiger partial charge in [-0.1, -0.05) is 25.6 Å². The topological polar surface area (TPSA) is 24.4 Å². The average molecular weight is 226 g/mol. The van der Waals surface area contributed by atoms with Crippen LogP contribution in [-0.2, 0) is 0 Å². The molecular weight excluding hydrogens is 212 g/mol. The monoisotopic (exact) mass is 226 g/mol. The Morgan fingerprint density at radius 2 is 2.43 bits per heavy atom. The molecule has 0 radical (unpaired) electrons. The van der Waals surface area contributed by atoms with Crippen LogP contribution in [0.25, 0.3) is 0 Å². The molecule has 76 valence electrons. The largest absolute Gasteiger partial charge is 0.334 e. The predicted octanol–water partition coefficient (Wildman–Crippen LogP) is 3.29. The maximum absolute atomic E-state index is 4.64. The van der Waals surface area contributed by atoms with Crippen LogP contribution >= 0.6 is 23.1 Å². The fourth-order valence-corrected chi connectivity index (χ4v) is 3.03. The van der Waals surface area contributed by atoms with Crippen molar-refractivity contribution in [3.05, 3.63) is 16.8 Å². The van der Waals surface area contributed by atoms with E-state index in [1.54, 1.807) is 11.3 Å². The standard InChI is InChI=1S/C10H14N2S2/c1-7(2)9-6-14-10(12-9)11-8-3-4-13-5-8/h3-5,7,9H,6H2,1-2H3,(H,11,12). The first-order chi connectivity index (χ1) is 6.75. The molecule has 2 rings (SSSR count). The zero-order valence-corrected chi connectivity index (χ0v) is 9.99. The van der Waals surface area contributed by atoms with Crippen molar-refractivity contribution in [2.45, 2.75) is 19.9 Å². The summed E-state index contributed by atoms with van der Waals surface area (Å²) in [5.41, 5.74) is 1.16. The van der Waals surface area contributed by atoms with Crippen LogP contribution in [0.4, 0.5) is 5.69 Å². The molecule has 0 aliphatic carbocycles. The maximum Gasteiger partial charge on any atom is 0.161 e. The molecule has 14 heavy (non-hydrogen) atoms. The van der Waals surface area contributed by atoms with Gasteiger partial charge >= 0.3 is 0 Å². The Hall–Kier alpha value is -0.480. The predicted molar refractivity (Wildman–Crippen MR) is 66.5 cm³/mol. The highest BCUT2D eigenvalue weighted by Crippen LogP contribution is 2.24. The van der Waals surface area contributed by atoms with Gasteiger partial charge in [0.25, 0.3) is 0 Å². The second-order valence-corrected chi connectivity index (χ2v) is 5.48. The van der Waals surface area contributed by atoms with Gasteiger partial charge in [-0.15, -0.1) is 0 Å². The molecule has 0 fully saturated rings. The molecule has 1 atom stereocenters. The number of hydrogen-bond acceptors (Lipinski definition) is 4. The molecule has 0 saturated heterocycles. The maximum atomic E-state index is 4.64. The number of aliphatic imine (C=N–C) groups is 1. The molecule has 4 heteroatoms. The molecule has 1 unspecified atom stereocenters. The first-order valence-corrected chi connectivity index (χ1v) is 6.68. The molecule has 1 aromatic rings. The molecule has 0 bridgehead atoms. The van der Waals surface area contributed by atoms with E-state index in [1.165, 1.54) is 0 Å². The Bertz CT molecular complexity index is 317. The summed E-state index contributed by atoms with van der Waals surface area (Å²) in [4.78, 5) is 4.64. The highest BCUT2D eigenvalue weighted by molar-refractivity contribution is 8.14. The second kappa shape index (κ2) is 4.36. The minimum atomic E-state index is 0.487. The summed E-state index contributed by atoms with van der Waals surface area (Å²) >= 11 is 3.52. The SMILES string of the molecule is CC(C)C1CSC(Nc2ccsc2)=N1. The van der Waals surface area contributed by atoms with Crippen LogP contribution in [0.15, 0.2) is 21.8 Å². The van der Waals surface area contributed by atoms with Gasteiger partial charge in [0.2, 0.25) is 0 Å². The summed E-state index contributed by atoms with van der Waals surface area (Å²) in [6, 6.07) is 2.57. The van der Waals surface area contributed by atoms with Crippen LogP contribution in [0.3, 0.4) is 0 Å². The van der Waals surface area contributed by atoms with Gasteiger partial charge in [0, 0.05) is 11.1 Å². The normalized spacial score (nSPS) is 21.4. The van der Waals surface area contributed by atoms with Gasteiger partial charge in [0.05, 0.1) is 11.7 Å². The van der Waals surface area contributed by atoms with Gasteiger partial charge < -0.3 is 5.32 Å². The fourth-order valence-electron chi connectivity index (χ4n) is 1.26. The van der Waals surface area contributed by atoms with Crippen molar-refractivity contribution in [2.75, 3.05) is 11.1 Å². The van der Waals surface area contributed by atoms with Crippen LogP contribution in [-0.4, -0.2) is 17.0 Å². The molecule has 0 amide bonds. The van der Waals surface area contributed by atoms with Gasteiger partial charge in [-0.3, -0.25) is 4.99 Å². The Balaban J connectivity index is 1.97. The molecule has 1 aliphatic rings. The Labute approximate surface area is 92.8 Å². The molecule has 1 aromatic heterocycles. The van der Waals surface area contributed by atoms with Gasteiger partial charge in [0.1, 0.15) is 0 Å². The van der Waals surface area contributed by atoms with Crippen molar-refractivity contribution < 1.29 is 0 Å². The lowest BCUT2D eigenvalue weighted by molar-refractivity contribution is 0.543. The summed E-state index contributed by atoms with van der Waals surface area (Å²) in [5.74, 6) is 1.76. The minimum absolute atomic E-state index is 0.487. The van der Waals surface area contributed by atoms with Crippen molar-refractivity contribution in [2.24, 2.45) is 10.9 Å². The van der Waals surface area contributed by atoms with Crippen molar-refractivity contribution >= 4 is 34.0 Å². The lowest BCUT2D eigenvalue weighted by Gasteiger charge is -2.07. The molecule has 2 heterocycles. The van der Waals surface area contributed by atoms with E-state index in [2.05, 4.69) is 41.0 Å². The lowest BCUT2D eigenvalue weighted by Crippen LogP contribution is -2.12. The van der Waals surface area contributed by atoms with Gasteiger partial charge in [-0.25, -0.2) is 0 Å². The first-order valence-electron chi connectivity index (χ1n) is 4.75. The quantitative estimate of drug-likeness (QED) is 0.837.